The van der Waals surface area contributed by atoms with Gasteiger partial charge in [-0.1, -0.05) is 59.1 Å². The van der Waals surface area contributed by atoms with Crippen LogP contribution >= 0.6 is 0 Å². The van der Waals surface area contributed by atoms with E-state index in [0.717, 1.165) is 45.1 Å². The third-order valence-corrected chi connectivity index (χ3v) is 7.25. The first-order valence-corrected chi connectivity index (χ1v) is 13.7. The summed E-state index contributed by atoms with van der Waals surface area (Å²) < 4.78 is 0.574. The molecule has 0 aromatic rings. The van der Waals surface area contributed by atoms with E-state index in [0.29, 0.717) is 43.4 Å². The molecule has 3 unspecified atom stereocenters. The first kappa shape index (κ1) is 33.1. The van der Waals surface area contributed by atoms with Crippen molar-refractivity contribution >= 4 is 17.9 Å². The van der Waals surface area contributed by atoms with Gasteiger partial charge in [-0.3, -0.25) is 9.59 Å². The summed E-state index contributed by atoms with van der Waals surface area (Å²) in [5.74, 6) is -4.34. The molecule has 3 atom stereocenters. The smallest absolute Gasteiger partial charge is 0.306 e. The van der Waals surface area contributed by atoms with E-state index in [1.165, 1.54) is 19.3 Å². The highest BCUT2D eigenvalue weighted by molar-refractivity contribution is 5.69. The van der Waals surface area contributed by atoms with E-state index in [4.69, 9.17) is 0 Å². The van der Waals surface area contributed by atoms with Crippen molar-refractivity contribution in [2.24, 2.45) is 17.8 Å². The van der Waals surface area contributed by atoms with E-state index in [1.54, 1.807) is 20.8 Å². The highest BCUT2D eigenvalue weighted by Gasteiger charge is 2.30. The van der Waals surface area contributed by atoms with E-state index < -0.39 is 35.7 Å². The van der Waals surface area contributed by atoms with Crippen LogP contribution in [0.1, 0.15) is 105 Å². The second-order valence-corrected chi connectivity index (χ2v) is 10.5. The van der Waals surface area contributed by atoms with Crippen LogP contribution in [0.15, 0.2) is 12.2 Å². The number of hydrogen-bond donors (Lipinski definition) is 2. The van der Waals surface area contributed by atoms with Gasteiger partial charge in [-0.2, -0.15) is 0 Å². The van der Waals surface area contributed by atoms with Crippen molar-refractivity contribution in [2.75, 3.05) is 26.2 Å². The maximum absolute atomic E-state index is 11.4. The average molecular weight is 498 g/mol. The molecule has 0 saturated carbocycles. The van der Waals surface area contributed by atoms with Gasteiger partial charge in [0.25, 0.3) is 0 Å². The number of unbranched alkanes of at least 4 members (excludes halogenated alkanes) is 7. The summed E-state index contributed by atoms with van der Waals surface area (Å²) in [7, 11) is 0. The molecule has 0 radical (unpaired) electrons. The molecule has 7 nitrogen and oxygen atoms in total. The third kappa shape index (κ3) is 16.4. The first-order valence-electron chi connectivity index (χ1n) is 13.7. The van der Waals surface area contributed by atoms with Crippen LogP contribution < -0.4 is 5.11 Å². The molecule has 0 bridgehead atoms. The van der Waals surface area contributed by atoms with Crippen LogP contribution in [0.3, 0.4) is 0 Å². The molecule has 2 N–H and O–H groups in total. The molecular formula is C28H51NO6. The predicted octanol–water partition coefficient (Wildman–Crippen LogP) is 4.89. The summed E-state index contributed by atoms with van der Waals surface area (Å²) in [4.78, 5) is 34.1. The van der Waals surface area contributed by atoms with E-state index in [1.807, 2.05) is 0 Å². The minimum Gasteiger partial charge on any atom is -0.550 e. The number of carbonyl (C=O) groups is 3. The van der Waals surface area contributed by atoms with Gasteiger partial charge in [0.2, 0.25) is 0 Å². The largest absolute Gasteiger partial charge is 0.550 e. The molecule has 7 heteroatoms. The molecule has 0 amide bonds. The molecule has 0 aromatic carbocycles. The lowest BCUT2D eigenvalue weighted by molar-refractivity contribution is -0.929. The van der Waals surface area contributed by atoms with Crippen LogP contribution in [-0.4, -0.2) is 58.8 Å². The molecule has 0 rings (SSSR count). The summed E-state index contributed by atoms with van der Waals surface area (Å²) in [5.41, 5.74) is 0. The lowest BCUT2D eigenvalue weighted by atomic mass is 10.0. The molecule has 204 valence electrons. The van der Waals surface area contributed by atoms with Crippen LogP contribution in [0, 0.1) is 17.8 Å². The average Bonchev–Trinajstić information content (AvgIpc) is 2.82. The maximum atomic E-state index is 11.4. The number of hydrogen-bond acceptors (Lipinski definition) is 4. The van der Waals surface area contributed by atoms with Gasteiger partial charge in [-0.25, -0.2) is 0 Å². The molecule has 0 aromatic heterocycles. The maximum Gasteiger partial charge on any atom is 0.306 e. The Labute approximate surface area is 213 Å². The standard InChI is InChI=1S/C28H51NO6/c1-5-6-7-8-9-10-11-12-13-14-15-19-29(20-16-23(2)26(30)31,21-17-24(3)27(32)33)22-18-25(4)28(34)35/h9-10,23-25H,5-8,11-22H2,1-4H3,(H2-,30,31,32,33,34,35)/b10-9+. The first-order chi connectivity index (χ1) is 16.5. The lowest BCUT2D eigenvalue weighted by Gasteiger charge is -2.41. The van der Waals surface area contributed by atoms with Gasteiger partial charge in [0.1, 0.15) is 0 Å². The van der Waals surface area contributed by atoms with E-state index in [2.05, 4.69) is 19.1 Å². The fraction of sp³-hybridized carbons (Fsp3) is 0.821. The quantitative estimate of drug-likeness (QED) is 0.118. The molecule has 0 aliphatic heterocycles. The fourth-order valence-electron chi connectivity index (χ4n) is 4.25. The minimum atomic E-state index is -1.08. The van der Waals surface area contributed by atoms with Gasteiger partial charge in [-0.15, -0.1) is 0 Å². The number of aliphatic carboxylic acids is 3. The fourth-order valence-corrected chi connectivity index (χ4v) is 4.25. The number of carbonyl (C=O) groups excluding carboxylic acids is 1. The number of quaternary nitrogens is 1. The Hall–Kier alpha value is -1.89. The van der Waals surface area contributed by atoms with Crippen molar-refractivity contribution in [2.45, 2.75) is 105 Å². The number of rotatable bonds is 23. The Bertz CT molecular complexity index is 573. The molecule has 0 fully saturated rings. The van der Waals surface area contributed by atoms with E-state index >= 15 is 0 Å². The number of nitrogens with zero attached hydrogens (tertiary/aromatic N) is 1. The highest BCUT2D eigenvalue weighted by atomic mass is 16.4. The van der Waals surface area contributed by atoms with Crippen molar-refractivity contribution in [1.82, 2.24) is 0 Å². The Morgan fingerprint density at radius 1 is 0.686 bits per heavy atom. The lowest BCUT2D eigenvalue weighted by Crippen LogP contribution is -2.52. The Kier molecular flexibility index (Phi) is 18.3. The van der Waals surface area contributed by atoms with Gasteiger partial charge in [-0.05, 0) is 38.5 Å². The summed E-state index contributed by atoms with van der Waals surface area (Å²) in [6, 6.07) is 0. The molecule has 0 aliphatic carbocycles. The Balaban J connectivity index is 5.04. The zero-order valence-corrected chi connectivity index (χ0v) is 22.7. The molecule has 0 spiro atoms. The minimum absolute atomic E-state index is 0.439. The van der Waals surface area contributed by atoms with Crippen LogP contribution in [0.25, 0.3) is 0 Å². The zero-order chi connectivity index (χ0) is 26.7. The third-order valence-electron chi connectivity index (χ3n) is 7.25. The van der Waals surface area contributed by atoms with Crippen LogP contribution in [-0.2, 0) is 14.4 Å². The molecule has 0 heterocycles. The normalized spacial score (nSPS) is 16.0. The van der Waals surface area contributed by atoms with Gasteiger partial charge < -0.3 is 24.6 Å². The number of carboxylic acids is 3. The van der Waals surface area contributed by atoms with Crippen LogP contribution in [0.5, 0.6) is 0 Å². The van der Waals surface area contributed by atoms with Crippen molar-refractivity contribution in [3.63, 3.8) is 0 Å². The monoisotopic (exact) mass is 497 g/mol. The Morgan fingerprint density at radius 2 is 1.11 bits per heavy atom. The number of carboxylic acid groups (broad SMARTS) is 3. The summed E-state index contributed by atoms with van der Waals surface area (Å²) in [6.45, 7) is 9.85. The zero-order valence-electron chi connectivity index (χ0n) is 22.7. The summed E-state index contributed by atoms with van der Waals surface area (Å²) >= 11 is 0. The summed E-state index contributed by atoms with van der Waals surface area (Å²) in [5, 5.41) is 30.0. The topological polar surface area (TPSA) is 115 Å². The highest BCUT2D eigenvalue weighted by Crippen LogP contribution is 2.21. The van der Waals surface area contributed by atoms with Crippen molar-refractivity contribution in [3.05, 3.63) is 12.2 Å². The second-order valence-electron chi connectivity index (χ2n) is 10.5. The Morgan fingerprint density at radius 3 is 1.54 bits per heavy atom. The molecule has 35 heavy (non-hydrogen) atoms. The van der Waals surface area contributed by atoms with Crippen molar-refractivity contribution < 1.29 is 34.2 Å². The predicted molar refractivity (Wildman–Crippen MR) is 138 cm³/mol. The second kappa shape index (κ2) is 19.3. The molecule has 0 saturated heterocycles. The van der Waals surface area contributed by atoms with Crippen LogP contribution in [0.2, 0.25) is 0 Å². The van der Waals surface area contributed by atoms with Gasteiger partial charge in [0.05, 0.1) is 38.0 Å². The van der Waals surface area contributed by atoms with E-state index in [-0.39, 0.29) is 0 Å². The molecule has 0 aliphatic rings. The van der Waals surface area contributed by atoms with Gasteiger partial charge >= 0.3 is 11.9 Å². The SMILES string of the molecule is CCCCC/C=C/CCCCCC[N+](CCC(C)C(=O)[O-])(CCC(C)C(=O)O)CCC(C)C(=O)O. The van der Waals surface area contributed by atoms with Crippen molar-refractivity contribution in [1.29, 1.82) is 0 Å². The van der Waals surface area contributed by atoms with Gasteiger partial charge in [0.15, 0.2) is 0 Å². The number of allylic oxidation sites excluding steroid dienone is 2. The molecular weight excluding hydrogens is 446 g/mol. The van der Waals surface area contributed by atoms with Gasteiger partial charge in [0, 0.05) is 31.1 Å². The summed E-state index contributed by atoms with van der Waals surface area (Å²) in [6.07, 6.45) is 16.3. The van der Waals surface area contributed by atoms with Crippen LogP contribution in [0.4, 0.5) is 0 Å². The van der Waals surface area contributed by atoms with Crippen molar-refractivity contribution in [3.8, 4) is 0 Å². The van der Waals surface area contributed by atoms with E-state index in [9.17, 15) is 29.7 Å².